The van der Waals surface area contributed by atoms with Gasteiger partial charge in [0, 0.05) is 12.6 Å². The summed E-state index contributed by atoms with van der Waals surface area (Å²) in [5.74, 6) is 5.38. The van der Waals surface area contributed by atoms with E-state index in [0.717, 1.165) is 11.8 Å². The van der Waals surface area contributed by atoms with Gasteiger partial charge in [-0.05, 0) is 18.7 Å². The number of nitro groups is 1. The predicted octanol–water partition coefficient (Wildman–Crippen LogP) is 0.331. The third kappa shape index (κ3) is 2.78. The molecule has 0 saturated heterocycles. The minimum Gasteiger partial charge on any atom is -0.308 e. The van der Waals surface area contributed by atoms with Crippen LogP contribution in [0.5, 0.6) is 0 Å². The maximum atomic E-state index is 11.4. The Balaban J connectivity index is 2.39. The van der Waals surface area contributed by atoms with Crippen LogP contribution < -0.4 is 17.0 Å². The minimum atomic E-state index is -0.552. The highest BCUT2D eigenvalue weighted by molar-refractivity contribution is 7.99. The van der Waals surface area contributed by atoms with Crippen LogP contribution in [0.3, 0.4) is 0 Å². The van der Waals surface area contributed by atoms with E-state index < -0.39 is 4.92 Å². The number of aromatic nitrogens is 4. The van der Waals surface area contributed by atoms with Gasteiger partial charge in [-0.2, -0.15) is 0 Å². The van der Waals surface area contributed by atoms with Crippen molar-refractivity contribution in [2.24, 2.45) is 5.84 Å². The Labute approximate surface area is 116 Å². The summed E-state index contributed by atoms with van der Waals surface area (Å²) < 4.78 is 1.39. The van der Waals surface area contributed by atoms with Crippen molar-refractivity contribution in [3.05, 3.63) is 32.7 Å². The Morgan fingerprint density at radius 3 is 2.95 bits per heavy atom. The average molecular weight is 297 g/mol. The second kappa shape index (κ2) is 5.71. The summed E-state index contributed by atoms with van der Waals surface area (Å²) in [7, 11) is 0. The molecule has 0 amide bonds. The molecule has 0 aromatic carbocycles. The summed E-state index contributed by atoms with van der Waals surface area (Å²) in [5.41, 5.74) is 1.75. The third-order valence-electron chi connectivity index (χ3n) is 2.38. The van der Waals surface area contributed by atoms with Gasteiger partial charge in [0.05, 0.1) is 11.0 Å². The van der Waals surface area contributed by atoms with Crippen molar-refractivity contribution in [2.75, 3.05) is 5.43 Å². The number of nitrogens with zero attached hydrogens (tertiary/aromatic N) is 4. The van der Waals surface area contributed by atoms with Crippen LogP contribution in [0.4, 0.5) is 11.5 Å². The smallest absolute Gasteiger partial charge is 0.308 e. The highest BCUT2D eigenvalue weighted by Gasteiger charge is 2.15. The van der Waals surface area contributed by atoms with Gasteiger partial charge in [0.15, 0.2) is 5.16 Å². The number of nitrogens with one attached hydrogen (secondary N) is 2. The van der Waals surface area contributed by atoms with Gasteiger partial charge >= 0.3 is 5.69 Å². The maximum Gasteiger partial charge on any atom is 0.343 e. The Morgan fingerprint density at radius 2 is 2.35 bits per heavy atom. The van der Waals surface area contributed by atoms with E-state index in [4.69, 9.17) is 5.84 Å². The molecule has 0 radical (unpaired) electrons. The molecule has 0 bridgehead atoms. The van der Waals surface area contributed by atoms with Crippen LogP contribution in [0, 0.1) is 10.1 Å². The van der Waals surface area contributed by atoms with Crippen molar-refractivity contribution < 1.29 is 4.92 Å². The number of hydrazine groups is 1. The van der Waals surface area contributed by atoms with E-state index >= 15 is 0 Å². The maximum absolute atomic E-state index is 11.4. The Hall–Kier alpha value is -2.40. The molecule has 0 saturated carbocycles. The fraction of sp³-hybridized carbons (Fsp3) is 0.222. The van der Waals surface area contributed by atoms with Crippen LogP contribution in [-0.4, -0.2) is 24.7 Å². The van der Waals surface area contributed by atoms with Crippen molar-refractivity contribution in [2.45, 2.75) is 23.7 Å². The molecule has 10 nitrogen and oxygen atoms in total. The zero-order chi connectivity index (χ0) is 14.7. The quantitative estimate of drug-likeness (QED) is 0.406. The molecule has 0 aliphatic carbocycles. The zero-order valence-corrected chi connectivity index (χ0v) is 11.2. The molecular weight excluding hydrogens is 286 g/mol. The molecule has 0 fully saturated rings. The first-order chi connectivity index (χ1) is 9.55. The van der Waals surface area contributed by atoms with E-state index in [9.17, 15) is 14.9 Å². The number of nitrogens with two attached hydrogens (primary N) is 1. The zero-order valence-electron chi connectivity index (χ0n) is 10.4. The van der Waals surface area contributed by atoms with E-state index in [0.29, 0.717) is 16.7 Å². The van der Waals surface area contributed by atoms with Gasteiger partial charge in [-0.1, -0.05) is 0 Å². The highest BCUT2D eigenvalue weighted by Crippen LogP contribution is 2.28. The Morgan fingerprint density at radius 1 is 1.60 bits per heavy atom. The SMILES string of the molecule is CCn1c(Sc2cc([N+](=O)[O-])cc(NN)n2)n[nH]c1=O. The predicted molar refractivity (Wildman–Crippen MR) is 71.3 cm³/mol. The monoisotopic (exact) mass is 297 g/mol. The van der Waals surface area contributed by atoms with E-state index in [1.54, 1.807) is 6.92 Å². The van der Waals surface area contributed by atoms with Crippen LogP contribution in [0.1, 0.15) is 6.92 Å². The average Bonchev–Trinajstić information content (AvgIpc) is 2.78. The fourth-order valence-corrected chi connectivity index (χ4v) is 2.40. The molecule has 2 heterocycles. The summed E-state index contributed by atoms with van der Waals surface area (Å²) in [6.45, 7) is 2.21. The van der Waals surface area contributed by atoms with Gasteiger partial charge in [-0.15, -0.1) is 5.10 Å². The summed E-state index contributed by atoms with van der Waals surface area (Å²) in [6.07, 6.45) is 0. The number of H-pyrrole nitrogens is 1. The van der Waals surface area contributed by atoms with Gasteiger partial charge in [0.25, 0.3) is 5.69 Å². The minimum absolute atomic E-state index is 0.155. The fourth-order valence-electron chi connectivity index (χ4n) is 1.48. The second-order valence-corrected chi connectivity index (χ2v) is 4.60. The summed E-state index contributed by atoms with van der Waals surface area (Å²) >= 11 is 1.03. The lowest BCUT2D eigenvalue weighted by molar-refractivity contribution is -0.385. The van der Waals surface area contributed by atoms with Gasteiger partial charge in [-0.3, -0.25) is 14.7 Å². The van der Waals surface area contributed by atoms with E-state index in [2.05, 4.69) is 20.6 Å². The Kier molecular flexibility index (Phi) is 4.00. The van der Waals surface area contributed by atoms with Crippen molar-refractivity contribution >= 4 is 23.3 Å². The first-order valence-electron chi connectivity index (χ1n) is 5.51. The van der Waals surface area contributed by atoms with E-state index in [1.165, 1.54) is 16.7 Å². The number of nitrogen functional groups attached to an aromatic ring is 1. The van der Waals surface area contributed by atoms with Crippen LogP contribution in [0.2, 0.25) is 0 Å². The van der Waals surface area contributed by atoms with Crippen LogP contribution >= 0.6 is 11.8 Å². The first-order valence-corrected chi connectivity index (χ1v) is 6.33. The van der Waals surface area contributed by atoms with Crippen molar-refractivity contribution in [3.63, 3.8) is 0 Å². The number of anilines is 1. The molecule has 4 N–H and O–H groups in total. The van der Waals surface area contributed by atoms with Gasteiger partial charge < -0.3 is 5.43 Å². The number of hydrogen-bond acceptors (Lipinski definition) is 8. The third-order valence-corrected chi connectivity index (χ3v) is 3.29. The molecular formula is C9H11N7O3S. The highest BCUT2D eigenvalue weighted by atomic mass is 32.2. The van der Waals surface area contributed by atoms with E-state index in [-0.39, 0.29) is 17.2 Å². The lowest BCUT2D eigenvalue weighted by Crippen LogP contribution is -2.16. The molecule has 0 spiro atoms. The summed E-state index contributed by atoms with van der Waals surface area (Å²) in [4.78, 5) is 25.8. The van der Waals surface area contributed by atoms with Crippen molar-refractivity contribution in [1.29, 1.82) is 0 Å². The second-order valence-electron chi connectivity index (χ2n) is 3.61. The number of rotatable bonds is 5. The van der Waals surface area contributed by atoms with Gasteiger partial charge in [-0.25, -0.2) is 20.7 Å². The molecule has 2 aromatic heterocycles. The number of aromatic amines is 1. The van der Waals surface area contributed by atoms with Crippen LogP contribution in [0.15, 0.2) is 27.1 Å². The van der Waals surface area contributed by atoms with Crippen LogP contribution in [0.25, 0.3) is 0 Å². The van der Waals surface area contributed by atoms with Gasteiger partial charge in [0.1, 0.15) is 10.8 Å². The first kappa shape index (κ1) is 14.0. The summed E-state index contributed by atoms with van der Waals surface area (Å²) in [5, 5.41) is 17.6. The molecule has 0 aliphatic rings. The largest absolute Gasteiger partial charge is 0.343 e. The molecule has 2 aromatic rings. The molecule has 0 atom stereocenters. The molecule has 11 heteroatoms. The molecule has 2 rings (SSSR count). The van der Waals surface area contributed by atoms with Gasteiger partial charge in [0.2, 0.25) is 0 Å². The molecule has 0 aliphatic heterocycles. The standard InChI is InChI=1S/C9H11N7O3S/c1-2-15-8(17)13-14-9(15)20-7-4-5(16(18)19)3-6(11-7)12-10/h3-4H,2,10H2,1H3,(H,11,12)(H,13,17). The Bertz CT molecular complexity index is 695. The molecule has 20 heavy (non-hydrogen) atoms. The normalized spacial score (nSPS) is 10.5. The van der Waals surface area contributed by atoms with Crippen molar-refractivity contribution in [3.8, 4) is 0 Å². The number of pyridine rings is 1. The lowest BCUT2D eigenvalue weighted by Gasteiger charge is -2.04. The van der Waals surface area contributed by atoms with E-state index in [1.807, 2.05) is 0 Å². The molecule has 0 unspecified atom stereocenters. The van der Waals surface area contributed by atoms with Crippen molar-refractivity contribution in [1.82, 2.24) is 19.7 Å². The lowest BCUT2D eigenvalue weighted by atomic mass is 10.4. The summed E-state index contributed by atoms with van der Waals surface area (Å²) in [6, 6.07) is 2.49. The van der Waals surface area contributed by atoms with Crippen LogP contribution in [-0.2, 0) is 6.54 Å². The number of hydrogen-bond donors (Lipinski definition) is 3. The topological polar surface area (TPSA) is 145 Å². The molecule has 106 valence electrons.